The number of hydrogen-bond donors (Lipinski definition) is 2. The van der Waals surface area contributed by atoms with Crippen molar-refractivity contribution in [2.75, 3.05) is 0 Å². The highest BCUT2D eigenvalue weighted by Gasteiger charge is 2.26. The quantitative estimate of drug-likeness (QED) is 0.499. The predicted molar refractivity (Wildman–Crippen MR) is 129 cm³/mol. The van der Waals surface area contributed by atoms with Gasteiger partial charge in [0.25, 0.3) is 0 Å². The molecule has 2 heteroatoms. The second-order valence-electron chi connectivity index (χ2n) is 11.8. The molecule has 0 heterocycles. The summed E-state index contributed by atoms with van der Waals surface area (Å²) < 4.78 is 0. The van der Waals surface area contributed by atoms with Gasteiger partial charge in [-0.15, -0.1) is 0 Å². The van der Waals surface area contributed by atoms with E-state index in [1.807, 2.05) is 12.1 Å². The van der Waals surface area contributed by atoms with Gasteiger partial charge in [0, 0.05) is 0 Å². The van der Waals surface area contributed by atoms with Gasteiger partial charge >= 0.3 is 0 Å². The Bertz CT molecular complexity index is 836. The monoisotopic (exact) mass is 410 g/mol. The van der Waals surface area contributed by atoms with Gasteiger partial charge in [-0.25, -0.2) is 0 Å². The summed E-state index contributed by atoms with van der Waals surface area (Å²) in [4.78, 5) is 0. The Labute approximate surface area is 184 Å². The van der Waals surface area contributed by atoms with E-state index in [9.17, 15) is 10.2 Å². The molecule has 2 aromatic rings. The van der Waals surface area contributed by atoms with Crippen molar-refractivity contribution in [2.45, 2.75) is 104 Å². The minimum absolute atomic E-state index is 0.0567. The van der Waals surface area contributed by atoms with Crippen LogP contribution in [0.4, 0.5) is 0 Å². The number of unbranched alkanes of at least 4 members (excludes halogenated alkanes) is 1. The molecule has 0 amide bonds. The number of benzene rings is 2. The van der Waals surface area contributed by atoms with Crippen LogP contribution in [0.1, 0.15) is 103 Å². The molecule has 0 saturated carbocycles. The molecule has 0 fully saturated rings. The summed E-state index contributed by atoms with van der Waals surface area (Å²) in [6, 6.07) is 10.4. The van der Waals surface area contributed by atoms with Gasteiger partial charge in [-0.05, 0) is 75.8 Å². The fraction of sp³-hybridized carbons (Fsp3) is 0.571. The van der Waals surface area contributed by atoms with Crippen LogP contribution in [0.2, 0.25) is 0 Å². The number of rotatable bonds is 5. The Kier molecular flexibility index (Phi) is 7.01. The minimum Gasteiger partial charge on any atom is -0.508 e. The van der Waals surface area contributed by atoms with E-state index < -0.39 is 0 Å². The van der Waals surface area contributed by atoms with Gasteiger partial charge in [-0.3, -0.25) is 0 Å². The van der Waals surface area contributed by atoms with Crippen molar-refractivity contribution in [3.8, 4) is 11.5 Å². The summed E-state index contributed by atoms with van der Waals surface area (Å²) in [5.74, 6) is 0.845. The Balaban J connectivity index is 2.13. The van der Waals surface area contributed by atoms with Crippen molar-refractivity contribution in [1.29, 1.82) is 0 Å². The third-order valence-corrected chi connectivity index (χ3v) is 5.84. The molecule has 0 atom stereocenters. The molecular weight excluding hydrogens is 368 g/mol. The number of phenolic OH excluding ortho intramolecular Hbond substituents is 2. The van der Waals surface area contributed by atoms with E-state index in [2.05, 4.69) is 80.5 Å². The molecule has 0 aliphatic heterocycles. The average Bonchev–Trinajstić information content (AvgIpc) is 2.58. The predicted octanol–water partition coefficient (Wildman–Crippen LogP) is 7.56. The van der Waals surface area contributed by atoms with E-state index in [-0.39, 0.29) is 16.2 Å². The lowest BCUT2D eigenvalue weighted by Crippen LogP contribution is -2.18. The molecule has 0 radical (unpaired) electrons. The van der Waals surface area contributed by atoms with Gasteiger partial charge in [0.2, 0.25) is 0 Å². The van der Waals surface area contributed by atoms with Crippen LogP contribution in [0.15, 0.2) is 30.3 Å². The maximum Gasteiger partial charge on any atom is 0.123 e. The Morgan fingerprint density at radius 1 is 0.567 bits per heavy atom. The first-order valence-electron chi connectivity index (χ1n) is 11.3. The third-order valence-electron chi connectivity index (χ3n) is 5.84. The summed E-state index contributed by atoms with van der Waals surface area (Å²) in [5.41, 5.74) is 5.46. The first-order chi connectivity index (χ1) is 13.6. The molecule has 0 aromatic heterocycles. The van der Waals surface area contributed by atoms with Crippen LogP contribution in [0.3, 0.4) is 0 Å². The van der Waals surface area contributed by atoms with E-state index in [1.165, 1.54) is 11.1 Å². The first-order valence-corrected chi connectivity index (χ1v) is 11.3. The zero-order valence-corrected chi connectivity index (χ0v) is 20.6. The number of phenols is 2. The number of aromatic hydroxyl groups is 2. The van der Waals surface area contributed by atoms with Crippen molar-refractivity contribution in [3.05, 3.63) is 58.1 Å². The highest BCUT2D eigenvalue weighted by atomic mass is 16.3. The molecule has 2 rings (SSSR count). The lowest BCUT2D eigenvalue weighted by atomic mass is 9.78. The van der Waals surface area contributed by atoms with Crippen LogP contribution in [0.25, 0.3) is 0 Å². The molecule has 2 N–H and O–H groups in total. The first kappa shape index (κ1) is 24.3. The molecule has 0 bridgehead atoms. The molecule has 166 valence electrons. The molecule has 0 aliphatic rings. The normalized spacial score (nSPS) is 13.0. The van der Waals surface area contributed by atoms with E-state index in [0.29, 0.717) is 11.5 Å². The zero-order valence-electron chi connectivity index (χ0n) is 20.6. The third kappa shape index (κ3) is 6.03. The van der Waals surface area contributed by atoms with E-state index in [0.717, 1.165) is 42.4 Å². The fourth-order valence-electron chi connectivity index (χ4n) is 3.98. The van der Waals surface area contributed by atoms with Crippen molar-refractivity contribution in [1.82, 2.24) is 0 Å². The molecule has 0 saturated heterocycles. The lowest BCUT2D eigenvalue weighted by molar-refractivity contribution is 0.422. The van der Waals surface area contributed by atoms with Crippen LogP contribution in [0.5, 0.6) is 11.5 Å². The Hall–Kier alpha value is -1.96. The summed E-state index contributed by atoms with van der Waals surface area (Å²) >= 11 is 0. The number of aryl methyl sites for hydroxylation is 2. The van der Waals surface area contributed by atoms with Crippen molar-refractivity contribution < 1.29 is 10.2 Å². The van der Waals surface area contributed by atoms with Crippen LogP contribution >= 0.6 is 0 Å². The molecule has 30 heavy (non-hydrogen) atoms. The van der Waals surface area contributed by atoms with E-state index in [1.54, 1.807) is 0 Å². The fourth-order valence-corrected chi connectivity index (χ4v) is 3.98. The summed E-state index contributed by atoms with van der Waals surface area (Å²) in [6.07, 6.45) is 4.23. The SMILES string of the molecule is CC(C)(C)c1cc(CCCCc2cc(C(C)(C)C)c(O)c(C(C)(C)C)c2)ccc1O. The standard InChI is InChI=1S/C28H42O2/c1-26(2,3)21-16-19(14-15-24(21)29)12-10-11-13-20-17-22(27(4,5)6)25(30)23(18-20)28(7,8)9/h14-18,29-30H,10-13H2,1-9H3. The maximum atomic E-state index is 10.9. The Morgan fingerprint density at radius 3 is 1.40 bits per heavy atom. The van der Waals surface area contributed by atoms with E-state index >= 15 is 0 Å². The highest BCUT2D eigenvalue weighted by molar-refractivity contribution is 5.50. The van der Waals surface area contributed by atoms with E-state index in [4.69, 9.17) is 0 Å². The van der Waals surface area contributed by atoms with Crippen LogP contribution < -0.4 is 0 Å². The van der Waals surface area contributed by atoms with Gasteiger partial charge in [-0.1, -0.05) is 86.6 Å². The smallest absolute Gasteiger partial charge is 0.123 e. The second-order valence-corrected chi connectivity index (χ2v) is 11.8. The van der Waals surface area contributed by atoms with Gasteiger partial charge < -0.3 is 10.2 Å². The molecule has 0 spiro atoms. The maximum absolute atomic E-state index is 10.9. The van der Waals surface area contributed by atoms with Crippen LogP contribution in [-0.4, -0.2) is 10.2 Å². The van der Waals surface area contributed by atoms with Crippen LogP contribution in [0, 0.1) is 0 Å². The Morgan fingerprint density at radius 2 is 0.967 bits per heavy atom. The molecule has 0 aliphatic carbocycles. The van der Waals surface area contributed by atoms with Crippen molar-refractivity contribution >= 4 is 0 Å². The summed E-state index contributed by atoms with van der Waals surface area (Å²) in [7, 11) is 0. The van der Waals surface area contributed by atoms with Gasteiger partial charge in [0.1, 0.15) is 11.5 Å². The number of hydrogen-bond acceptors (Lipinski definition) is 2. The zero-order chi connectivity index (χ0) is 22.9. The summed E-state index contributed by atoms with van der Waals surface area (Å²) in [6.45, 7) is 19.4. The minimum atomic E-state index is -0.0878. The van der Waals surface area contributed by atoms with Crippen molar-refractivity contribution in [2.24, 2.45) is 0 Å². The topological polar surface area (TPSA) is 40.5 Å². The van der Waals surface area contributed by atoms with Gasteiger partial charge in [0.15, 0.2) is 0 Å². The summed E-state index contributed by atoms with van der Waals surface area (Å²) in [5, 5.41) is 21.1. The largest absolute Gasteiger partial charge is 0.508 e. The molecule has 2 nitrogen and oxygen atoms in total. The van der Waals surface area contributed by atoms with Gasteiger partial charge in [0.05, 0.1) is 0 Å². The highest BCUT2D eigenvalue weighted by Crippen LogP contribution is 2.40. The average molecular weight is 411 g/mol. The van der Waals surface area contributed by atoms with Crippen molar-refractivity contribution in [3.63, 3.8) is 0 Å². The lowest BCUT2D eigenvalue weighted by Gasteiger charge is -2.28. The molecular formula is C28H42O2. The van der Waals surface area contributed by atoms with Crippen LogP contribution in [-0.2, 0) is 29.1 Å². The molecule has 0 unspecified atom stereocenters. The van der Waals surface area contributed by atoms with Gasteiger partial charge in [-0.2, -0.15) is 0 Å². The second kappa shape index (κ2) is 8.65. The molecule has 2 aromatic carbocycles.